The molecule has 1 aromatic rings. The molecule has 0 saturated heterocycles. The molecule has 0 aliphatic heterocycles. The van der Waals surface area contributed by atoms with Crippen molar-refractivity contribution in [2.45, 2.75) is 33.7 Å². The molecule has 92 valence electrons. The van der Waals surface area contributed by atoms with Crippen molar-refractivity contribution in [1.29, 1.82) is 0 Å². The molecule has 0 aromatic heterocycles. The van der Waals surface area contributed by atoms with E-state index in [1.54, 1.807) is 0 Å². The van der Waals surface area contributed by atoms with Crippen molar-refractivity contribution in [2.75, 3.05) is 0 Å². The lowest BCUT2D eigenvalue weighted by molar-refractivity contribution is 0.0943. The first-order valence-electron chi connectivity index (χ1n) is 5.83. The number of rotatable bonds is 2. The van der Waals surface area contributed by atoms with Gasteiger partial charge in [-0.25, -0.2) is 0 Å². The quantitative estimate of drug-likeness (QED) is 0.887. The smallest absolute Gasteiger partial charge is 0.251 e. The molecule has 1 aliphatic rings. The number of hydrogen-bond acceptors (Lipinski definition) is 1. The first kappa shape index (κ1) is 12.6. The molecule has 0 heterocycles. The summed E-state index contributed by atoms with van der Waals surface area (Å²) in [5.41, 5.74) is 1.06. The number of benzene rings is 1. The van der Waals surface area contributed by atoms with Crippen molar-refractivity contribution >= 4 is 21.8 Å². The van der Waals surface area contributed by atoms with Gasteiger partial charge in [0.05, 0.1) is 0 Å². The molecule has 17 heavy (non-hydrogen) atoms. The fourth-order valence-electron chi connectivity index (χ4n) is 2.40. The Hall–Kier alpha value is -0.830. The lowest BCUT2D eigenvalue weighted by atomic mass is 10.0. The largest absolute Gasteiger partial charge is 0.348 e. The molecule has 1 aromatic carbocycles. The maximum absolute atomic E-state index is 12.1. The highest BCUT2D eigenvalue weighted by atomic mass is 79.9. The van der Waals surface area contributed by atoms with E-state index in [4.69, 9.17) is 0 Å². The van der Waals surface area contributed by atoms with E-state index >= 15 is 0 Å². The predicted molar refractivity (Wildman–Crippen MR) is 73.0 cm³/mol. The number of halogens is 1. The lowest BCUT2D eigenvalue weighted by Gasteiger charge is -2.07. The molecular weight excluding hydrogens is 278 g/mol. The van der Waals surface area contributed by atoms with E-state index in [2.05, 4.69) is 48.9 Å². The maximum atomic E-state index is 12.1. The molecule has 1 saturated carbocycles. The SMILES string of the molecule is CC1(C)C(NC(=O)c2cccc(Br)c2)C1(C)C. The van der Waals surface area contributed by atoms with Crippen LogP contribution in [0.15, 0.2) is 28.7 Å². The molecule has 0 unspecified atom stereocenters. The minimum absolute atomic E-state index is 0.00921. The average molecular weight is 296 g/mol. The van der Waals surface area contributed by atoms with Crippen LogP contribution in [-0.2, 0) is 0 Å². The van der Waals surface area contributed by atoms with Crippen LogP contribution < -0.4 is 5.32 Å². The second-order valence-corrected chi connectivity index (χ2v) is 6.78. The van der Waals surface area contributed by atoms with Gasteiger partial charge in [0.15, 0.2) is 0 Å². The standard InChI is InChI=1S/C14H18BrNO/c1-13(2)12(14(13,3)4)16-11(17)9-6-5-7-10(15)8-9/h5-8,12H,1-4H3,(H,16,17). The fraction of sp³-hybridized carbons (Fsp3) is 0.500. The number of carbonyl (C=O) groups excluding carboxylic acids is 1. The van der Waals surface area contributed by atoms with Gasteiger partial charge in [0.1, 0.15) is 0 Å². The lowest BCUT2D eigenvalue weighted by Crippen LogP contribution is -2.29. The van der Waals surface area contributed by atoms with Gasteiger partial charge in [0.25, 0.3) is 5.91 Å². The van der Waals surface area contributed by atoms with Crippen LogP contribution >= 0.6 is 15.9 Å². The normalized spacial score (nSPS) is 21.0. The van der Waals surface area contributed by atoms with Crippen molar-refractivity contribution in [3.05, 3.63) is 34.3 Å². The van der Waals surface area contributed by atoms with Crippen LogP contribution in [0.3, 0.4) is 0 Å². The number of amides is 1. The van der Waals surface area contributed by atoms with E-state index in [1.807, 2.05) is 24.3 Å². The van der Waals surface area contributed by atoms with E-state index in [9.17, 15) is 4.79 Å². The highest BCUT2D eigenvalue weighted by Crippen LogP contribution is 2.62. The minimum Gasteiger partial charge on any atom is -0.348 e. The highest BCUT2D eigenvalue weighted by Gasteiger charge is 2.65. The Morgan fingerprint density at radius 3 is 2.29 bits per heavy atom. The third-order valence-electron chi connectivity index (χ3n) is 4.38. The van der Waals surface area contributed by atoms with Gasteiger partial charge in [-0.2, -0.15) is 0 Å². The second kappa shape index (κ2) is 3.84. The molecule has 0 atom stereocenters. The number of hydrogen-bond donors (Lipinski definition) is 1. The summed E-state index contributed by atoms with van der Waals surface area (Å²) in [4.78, 5) is 12.1. The van der Waals surface area contributed by atoms with E-state index in [-0.39, 0.29) is 22.8 Å². The number of nitrogens with one attached hydrogen (secondary N) is 1. The summed E-state index contributed by atoms with van der Waals surface area (Å²) < 4.78 is 0.930. The van der Waals surface area contributed by atoms with Crippen molar-refractivity contribution in [1.82, 2.24) is 5.32 Å². The van der Waals surface area contributed by atoms with Gasteiger partial charge in [0.2, 0.25) is 0 Å². The second-order valence-electron chi connectivity index (χ2n) is 5.86. The van der Waals surface area contributed by atoms with Crippen LogP contribution in [0.2, 0.25) is 0 Å². The Morgan fingerprint density at radius 2 is 1.82 bits per heavy atom. The van der Waals surface area contributed by atoms with Gasteiger partial charge in [-0.1, -0.05) is 49.7 Å². The summed E-state index contributed by atoms with van der Waals surface area (Å²) in [6.45, 7) is 8.77. The molecule has 1 amide bonds. The fourth-order valence-corrected chi connectivity index (χ4v) is 2.80. The van der Waals surface area contributed by atoms with Crippen molar-refractivity contribution < 1.29 is 4.79 Å². The third-order valence-corrected chi connectivity index (χ3v) is 4.88. The summed E-state index contributed by atoms with van der Waals surface area (Å²) in [5, 5.41) is 3.12. The van der Waals surface area contributed by atoms with Crippen LogP contribution in [0.1, 0.15) is 38.1 Å². The maximum Gasteiger partial charge on any atom is 0.251 e. The molecule has 0 radical (unpaired) electrons. The average Bonchev–Trinajstić information content (AvgIpc) is 2.61. The first-order valence-corrected chi connectivity index (χ1v) is 6.62. The molecule has 3 heteroatoms. The molecule has 0 spiro atoms. The van der Waals surface area contributed by atoms with Crippen LogP contribution in [0, 0.1) is 10.8 Å². The Kier molecular flexibility index (Phi) is 2.85. The Bertz CT molecular complexity index is 451. The summed E-state index contributed by atoms with van der Waals surface area (Å²) in [7, 11) is 0. The predicted octanol–water partition coefficient (Wildman–Crippen LogP) is 3.61. The summed E-state index contributed by atoms with van der Waals surface area (Å²) in [6.07, 6.45) is 0. The molecule has 2 rings (SSSR count). The van der Waals surface area contributed by atoms with Gasteiger partial charge >= 0.3 is 0 Å². The monoisotopic (exact) mass is 295 g/mol. The number of carbonyl (C=O) groups is 1. The molecule has 0 bridgehead atoms. The highest BCUT2D eigenvalue weighted by molar-refractivity contribution is 9.10. The zero-order valence-electron chi connectivity index (χ0n) is 10.7. The van der Waals surface area contributed by atoms with Gasteiger partial charge < -0.3 is 5.32 Å². The van der Waals surface area contributed by atoms with Gasteiger partial charge in [0, 0.05) is 16.1 Å². The molecule has 1 fully saturated rings. The first-order chi connectivity index (χ1) is 7.76. The summed E-state index contributed by atoms with van der Waals surface area (Å²) in [5.74, 6) is 0.00921. The zero-order valence-corrected chi connectivity index (χ0v) is 12.3. The molecule has 1 aliphatic carbocycles. The van der Waals surface area contributed by atoms with Crippen LogP contribution in [0.25, 0.3) is 0 Å². The van der Waals surface area contributed by atoms with E-state index < -0.39 is 0 Å². The van der Waals surface area contributed by atoms with Crippen molar-refractivity contribution in [2.24, 2.45) is 10.8 Å². The molecular formula is C14H18BrNO. The minimum atomic E-state index is 0.00921. The van der Waals surface area contributed by atoms with E-state index in [0.29, 0.717) is 5.56 Å². The zero-order chi connectivity index (χ0) is 12.8. The van der Waals surface area contributed by atoms with Crippen LogP contribution in [0.4, 0.5) is 0 Å². The third kappa shape index (κ3) is 2.01. The van der Waals surface area contributed by atoms with Crippen molar-refractivity contribution in [3.8, 4) is 0 Å². The molecule has 2 nitrogen and oxygen atoms in total. The van der Waals surface area contributed by atoms with Crippen LogP contribution in [0.5, 0.6) is 0 Å². The van der Waals surface area contributed by atoms with Gasteiger partial charge in [-0.15, -0.1) is 0 Å². The molecule has 1 N–H and O–H groups in total. The van der Waals surface area contributed by atoms with Crippen LogP contribution in [-0.4, -0.2) is 11.9 Å². The van der Waals surface area contributed by atoms with Gasteiger partial charge in [-0.05, 0) is 29.0 Å². The van der Waals surface area contributed by atoms with E-state index in [1.165, 1.54) is 0 Å². The van der Waals surface area contributed by atoms with E-state index in [0.717, 1.165) is 4.47 Å². The summed E-state index contributed by atoms with van der Waals surface area (Å²) >= 11 is 3.38. The Labute approximate surface area is 111 Å². The van der Waals surface area contributed by atoms with Gasteiger partial charge in [-0.3, -0.25) is 4.79 Å². The summed E-state index contributed by atoms with van der Waals surface area (Å²) in [6, 6.07) is 7.73. The van der Waals surface area contributed by atoms with Crippen molar-refractivity contribution in [3.63, 3.8) is 0 Å². The topological polar surface area (TPSA) is 29.1 Å². The Balaban J connectivity index is 2.10. The Morgan fingerprint density at radius 1 is 1.24 bits per heavy atom.